The van der Waals surface area contributed by atoms with Gasteiger partial charge in [0.05, 0.1) is 11.1 Å². The molecule has 3 rings (SSSR count). The molecule has 6 nitrogen and oxygen atoms in total. The third kappa shape index (κ3) is 4.22. The van der Waals surface area contributed by atoms with Crippen molar-refractivity contribution in [1.82, 2.24) is 0 Å². The lowest BCUT2D eigenvalue weighted by molar-refractivity contribution is -0.250. The first-order chi connectivity index (χ1) is 13.6. The third-order valence-electron chi connectivity index (χ3n) is 5.15. The average molecular weight is 475 g/mol. The van der Waals surface area contributed by atoms with Crippen molar-refractivity contribution in [2.75, 3.05) is 6.61 Å². The Balaban J connectivity index is 1.90. The van der Waals surface area contributed by atoms with Crippen molar-refractivity contribution < 1.29 is 39.1 Å². The van der Waals surface area contributed by atoms with Gasteiger partial charge in [0.15, 0.2) is 0 Å². The Kier molecular flexibility index (Phi) is 6.69. The van der Waals surface area contributed by atoms with Crippen LogP contribution in [0.5, 0.6) is 0 Å². The van der Waals surface area contributed by atoms with Gasteiger partial charge in [-0.1, -0.05) is 18.2 Å². The maximum Gasteiger partial charge on any atom is 0.140 e. The van der Waals surface area contributed by atoms with E-state index in [1.165, 1.54) is 18.2 Å². The molecule has 2 aromatic rings. The van der Waals surface area contributed by atoms with Crippen molar-refractivity contribution >= 4 is 15.9 Å². The van der Waals surface area contributed by atoms with Crippen molar-refractivity contribution in [1.29, 1.82) is 0 Å². The monoisotopic (exact) mass is 474 g/mol. The van der Waals surface area contributed by atoms with E-state index in [9.17, 15) is 34.3 Å². The molecule has 158 valence electrons. The number of hydrogen-bond donors (Lipinski definition) is 5. The zero-order valence-corrected chi connectivity index (χ0v) is 16.9. The van der Waals surface area contributed by atoms with E-state index >= 15 is 0 Å². The van der Waals surface area contributed by atoms with Crippen LogP contribution in [0.15, 0.2) is 34.8 Å². The van der Waals surface area contributed by atoms with E-state index in [0.717, 1.165) is 0 Å². The summed E-state index contributed by atoms with van der Waals surface area (Å²) in [6.45, 7) is 1.06. The molecule has 6 atom stereocenters. The number of hydrogen-bond acceptors (Lipinski definition) is 6. The number of halogens is 3. The van der Waals surface area contributed by atoms with Crippen LogP contribution in [0.1, 0.15) is 17.2 Å². The summed E-state index contributed by atoms with van der Waals surface area (Å²) < 4.78 is 32.8. The molecule has 9 heteroatoms. The van der Waals surface area contributed by atoms with Gasteiger partial charge in [-0.3, -0.25) is 0 Å². The Bertz CT molecular complexity index is 870. The third-order valence-corrected chi connectivity index (χ3v) is 5.90. The van der Waals surface area contributed by atoms with E-state index in [4.69, 9.17) is 4.74 Å². The number of ether oxygens (including phenoxy) is 1. The molecule has 29 heavy (non-hydrogen) atoms. The van der Waals surface area contributed by atoms with Crippen molar-refractivity contribution in [2.24, 2.45) is 0 Å². The van der Waals surface area contributed by atoms with Crippen LogP contribution in [0, 0.1) is 18.6 Å². The molecule has 0 amide bonds. The topological polar surface area (TPSA) is 110 Å². The molecule has 0 radical (unpaired) electrons. The van der Waals surface area contributed by atoms with Crippen LogP contribution < -0.4 is 0 Å². The highest BCUT2D eigenvalue weighted by Gasteiger charge is 2.46. The fraction of sp³-hybridized carbons (Fsp3) is 0.400. The molecule has 1 aliphatic rings. The second-order valence-electron chi connectivity index (χ2n) is 7.06. The Labute approximate surface area is 174 Å². The summed E-state index contributed by atoms with van der Waals surface area (Å²) in [7, 11) is 0. The molecule has 0 aromatic heterocycles. The average Bonchev–Trinajstić information content (AvgIpc) is 2.69. The molecular weight excluding hydrogens is 454 g/mol. The van der Waals surface area contributed by atoms with Gasteiger partial charge in [-0.05, 0) is 57.2 Å². The SMILES string of the molecule is Cc1cc(-c2cc(F)c(Br)c(F)c2)ccc1C(O)[C@H]1O[C@H](CO)[C@@H](O)[C@H](O)[C@@H]1O. The molecule has 1 saturated heterocycles. The second kappa shape index (κ2) is 8.73. The summed E-state index contributed by atoms with van der Waals surface area (Å²) in [5, 5.41) is 50.0. The van der Waals surface area contributed by atoms with Gasteiger partial charge in [0.2, 0.25) is 0 Å². The van der Waals surface area contributed by atoms with Crippen molar-refractivity contribution in [3.8, 4) is 11.1 Å². The molecule has 1 fully saturated rings. The lowest BCUT2D eigenvalue weighted by Gasteiger charge is -2.42. The Morgan fingerprint density at radius 2 is 1.62 bits per heavy atom. The first kappa shape index (κ1) is 22.2. The van der Waals surface area contributed by atoms with E-state index in [2.05, 4.69) is 15.9 Å². The van der Waals surface area contributed by atoms with E-state index < -0.39 is 54.9 Å². The van der Waals surface area contributed by atoms with Crippen molar-refractivity contribution in [2.45, 2.75) is 43.5 Å². The minimum absolute atomic E-state index is 0.257. The molecule has 0 spiro atoms. The number of aryl methyl sites for hydroxylation is 1. The Morgan fingerprint density at radius 3 is 2.17 bits per heavy atom. The van der Waals surface area contributed by atoms with Crippen molar-refractivity contribution in [3.63, 3.8) is 0 Å². The highest BCUT2D eigenvalue weighted by molar-refractivity contribution is 9.10. The maximum atomic E-state index is 13.8. The summed E-state index contributed by atoms with van der Waals surface area (Å²) in [5.41, 5.74) is 1.73. The highest BCUT2D eigenvalue weighted by Crippen LogP contribution is 2.34. The van der Waals surface area contributed by atoms with Crippen LogP contribution in [0.2, 0.25) is 0 Å². The van der Waals surface area contributed by atoms with Crippen LogP contribution >= 0.6 is 15.9 Å². The largest absolute Gasteiger partial charge is 0.394 e. The molecule has 0 saturated carbocycles. The van der Waals surface area contributed by atoms with Crippen LogP contribution in [0.3, 0.4) is 0 Å². The van der Waals surface area contributed by atoms with E-state index in [1.807, 2.05) is 0 Å². The smallest absolute Gasteiger partial charge is 0.140 e. The molecular formula is C20H21BrF2O6. The molecule has 1 aliphatic heterocycles. The van der Waals surface area contributed by atoms with Gasteiger partial charge in [0.25, 0.3) is 0 Å². The molecule has 0 bridgehead atoms. The summed E-state index contributed by atoms with van der Waals surface area (Å²) in [4.78, 5) is 0. The lowest BCUT2D eigenvalue weighted by Crippen LogP contribution is -2.59. The van der Waals surface area contributed by atoms with Crippen LogP contribution in [0.4, 0.5) is 8.78 Å². The zero-order chi connectivity index (χ0) is 21.5. The lowest BCUT2D eigenvalue weighted by atomic mass is 9.88. The van der Waals surface area contributed by atoms with Gasteiger partial charge in [-0.15, -0.1) is 0 Å². The van der Waals surface area contributed by atoms with Gasteiger partial charge in [0.1, 0.15) is 48.3 Å². The van der Waals surface area contributed by atoms with Gasteiger partial charge in [-0.25, -0.2) is 8.78 Å². The maximum absolute atomic E-state index is 13.8. The van der Waals surface area contributed by atoms with Gasteiger partial charge in [-0.2, -0.15) is 0 Å². The first-order valence-corrected chi connectivity index (χ1v) is 9.69. The summed E-state index contributed by atoms with van der Waals surface area (Å²) in [6, 6.07) is 7.04. The predicted molar refractivity (Wildman–Crippen MR) is 103 cm³/mol. The fourth-order valence-corrected chi connectivity index (χ4v) is 3.71. The summed E-state index contributed by atoms with van der Waals surface area (Å²) in [5.74, 6) is -1.49. The van der Waals surface area contributed by atoms with E-state index in [-0.39, 0.29) is 4.47 Å². The Hall–Kier alpha value is -1.46. The van der Waals surface area contributed by atoms with Crippen LogP contribution in [-0.2, 0) is 4.74 Å². The minimum Gasteiger partial charge on any atom is -0.394 e. The molecule has 0 aliphatic carbocycles. The van der Waals surface area contributed by atoms with Gasteiger partial charge in [0, 0.05) is 0 Å². The standard InChI is InChI=1S/C20H21BrF2O6/c1-8-4-9(10-5-12(22)15(21)13(23)6-10)2-3-11(8)16(25)20-19(28)18(27)17(26)14(7-24)29-20/h2-6,14,16-20,24-28H,7H2,1H3/t14-,16?,17-,18+,19+,20-/m1/s1. The van der Waals surface area contributed by atoms with Gasteiger partial charge >= 0.3 is 0 Å². The van der Waals surface area contributed by atoms with Crippen LogP contribution in [-0.4, -0.2) is 62.7 Å². The predicted octanol–water partition coefficient (Wildman–Crippen LogP) is 1.58. The molecule has 1 heterocycles. The number of aliphatic hydroxyl groups excluding tert-OH is 5. The normalized spacial score (nSPS) is 28.4. The van der Waals surface area contributed by atoms with Gasteiger partial charge < -0.3 is 30.3 Å². The molecule has 5 N–H and O–H groups in total. The number of aliphatic hydroxyl groups is 5. The number of rotatable bonds is 4. The fourth-order valence-electron chi connectivity index (χ4n) is 3.48. The summed E-state index contributed by atoms with van der Waals surface area (Å²) in [6.07, 6.45) is -8.53. The summed E-state index contributed by atoms with van der Waals surface area (Å²) >= 11 is 2.82. The number of benzene rings is 2. The molecule has 1 unspecified atom stereocenters. The van der Waals surface area contributed by atoms with Crippen LogP contribution in [0.25, 0.3) is 11.1 Å². The zero-order valence-electron chi connectivity index (χ0n) is 15.3. The van der Waals surface area contributed by atoms with Crippen molar-refractivity contribution in [3.05, 3.63) is 57.6 Å². The molecule has 2 aromatic carbocycles. The minimum atomic E-state index is -1.60. The second-order valence-corrected chi connectivity index (χ2v) is 7.86. The first-order valence-electron chi connectivity index (χ1n) is 8.89. The quantitative estimate of drug-likeness (QED) is 0.430. The Morgan fingerprint density at radius 1 is 1.00 bits per heavy atom. The van der Waals surface area contributed by atoms with E-state index in [1.54, 1.807) is 19.1 Å². The highest BCUT2D eigenvalue weighted by atomic mass is 79.9. The van der Waals surface area contributed by atoms with E-state index in [0.29, 0.717) is 22.3 Å².